The van der Waals surface area contributed by atoms with Crippen LogP contribution >= 0.6 is 0 Å². The molecule has 1 aliphatic rings. The molecule has 18 heavy (non-hydrogen) atoms. The highest BCUT2D eigenvalue weighted by Gasteiger charge is 2.33. The lowest BCUT2D eigenvalue weighted by molar-refractivity contribution is -0.423. The Hall–Kier alpha value is -2.38. The molecule has 0 fully saturated rings. The summed E-state index contributed by atoms with van der Waals surface area (Å²) in [6.07, 6.45) is 1.45. The molecule has 0 bridgehead atoms. The molecule has 0 aromatic heterocycles. The lowest BCUT2D eigenvalue weighted by Crippen LogP contribution is -2.10. The number of nitro benzene ring substituents is 2. The van der Waals surface area contributed by atoms with Gasteiger partial charge in [0.05, 0.1) is 23.1 Å². The van der Waals surface area contributed by atoms with Gasteiger partial charge in [0.1, 0.15) is 0 Å². The second-order valence-corrected chi connectivity index (χ2v) is 3.68. The molecule has 0 amide bonds. The standard InChI is InChI=1S/C10H10N2O6/c13-11(14)7-3-4-8-10(9(7)12(15)16)18-6-2-1-5-17-8/h3-4H,1-2,5-6H2. The Labute approximate surface area is 101 Å². The Morgan fingerprint density at radius 3 is 2.28 bits per heavy atom. The molecular weight excluding hydrogens is 244 g/mol. The minimum absolute atomic E-state index is 0.158. The molecule has 0 atom stereocenters. The van der Waals surface area contributed by atoms with E-state index < -0.39 is 21.2 Å². The van der Waals surface area contributed by atoms with Crippen LogP contribution in [0.5, 0.6) is 11.5 Å². The lowest BCUT2D eigenvalue weighted by atomic mass is 10.2. The lowest BCUT2D eigenvalue weighted by Gasteiger charge is -2.15. The first-order valence-corrected chi connectivity index (χ1v) is 5.32. The summed E-state index contributed by atoms with van der Waals surface area (Å²) in [5.74, 6) is 0.0147. The number of ether oxygens (including phenoxy) is 2. The fourth-order valence-corrected chi connectivity index (χ4v) is 1.68. The predicted molar refractivity (Wildman–Crippen MR) is 60.0 cm³/mol. The van der Waals surface area contributed by atoms with Crippen LogP contribution in [0.15, 0.2) is 12.1 Å². The third-order valence-electron chi connectivity index (χ3n) is 2.50. The van der Waals surface area contributed by atoms with E-state index in [1.165, 1.54) is 6.07 Å². The molecule has 0 saturated carbocycles. The van der Waals surface area contributed by atoms with Crippen molar-refractivity contribution < 1.29 is 19.3 Å². The molecule has 1 heterocycles. The van der Waals surface area contributed by atoms with Crippen LogP contribution in [-0.2, 0) is 0 Å². The summed E-state index contributed by atoms with van der Waals surface area (Å²) in [6.45, 7) is 0.684. The SMILES string of the molecule is O=[N+]([O-])c1ccc2c(c1[N+](=O)[O-])OCCCCO2. The number of fused-ring (bicyclic) bond motifs is 1. The van der Waals surface area contributed by atoms with Gasteiger partial charge >= 0.3 is 11.4 Å². The number of rotatable bonds is 2. The molecule has 2 rings (SSSR count). The van der Waals surface area contributed by atoms with E-state index in [1.807, 2.05) is 0 Å². The van der Waals surface area contributed by atoms with E-state index >= 15 is 0 Å². The van der Waals surface area contributed by atoms with Gasteiger partial charge in [-0.05, 0) is 18.9 Å². The second kappa shape index (κ2) is 4.86. The maximum Gasteiger partial charge on any atom is 0.391 e. The van der Waals surface area contributed by atoms with Crippen LogP contribution in [0, 0.1) is 20.2 Å². The van der Waals surface area contributed by atoms with Crippen LogP contribution in [0.3, 0.4) is 0 Å². The Morgan fingerprint density at radius 2 is 1.67 bits per heavy atom. The highest BCUT2D eigenvalue weighted by Crippen LogP contribution is 2.44. The third-order valence-corrected chi connectivity index (χ3v) is 2.50. The second-order valence-electron chi connectivity index (χ2n) is 3.68. The van der Waals surface area contributed by atoms with Gasteiger partial charge in [0, 0.05) is 6.07 Å². The van der Waals surface area contributed by atoms with Gasteiger partial charge in [0.2, 0.25) is 5.75 Å². The molecule has 1 aromatic rings. The van der Waals surface area contributed by atoms with Gasteiger partial charge in [-0.2, -0.15) is 0 Å². The Kier molecular flexibility index (Phi) is 3.26. The van der Waals surface area contributed by atoms with Gasteiger partial charge in [-0.1, -0.05) is 0 Å². The van der Waals surface area contributed by atoms with Crippen molar-refractivity contribution in [3.05, 3.63) is 32.4 Å². The molecule has 1 aliphatic heterocycles. The quantitative estimate of drug-likeness (QED) is 0.590. The van der Waals surface area contributed by atoms with E-state index in [9.17, 15) is 20.2 Å². The number of hydrogen-bond donors (Lipinski definition) is 0. The number of nitro groups is 2. The Morgan fingerprint density at radius 1 is 1.00 bits per heavy atom. The average molecular weight is 254 g/mol. The number of benzene rings is 1. The van der Waals surface area contributed by atoms with Crippen molar-refractivity contribution in [2.45, 2.75) is 12.8 Å². The van der Waals surface area contributed by atoms with Crippen LogP contribution in [0.25, 0.3) is 0 Å². The first-order chi connectivity index (χ1) is 8.61. The fourth-order valence-electron chi connectivity index (χ4n) is 1.68. The molecule has 0 spiro atoms. The summed E-state index contributed by atoms with van der Waals surface area (Å²) in [5.41, 5.74) is -1.25. The van der Waals surface area contributed by atoms with E-state index in [-0.39, 0.29) is 18.1 Å². The van der Waals surface area contributed by atoms with E-state index in [0.29, 0.717) is 13.0 Å². The van der Waals surface area contributed by atoms with Crippen LogP contribution in [0.2, 0.25) is 0 Å². The minimum atomic E-state index is -0.818. The van der Waals surface area contributed by atoms with Crippen LogP contribution in [0.4, 0.5) is 11.4 Å². The molecule has 96 valence electrons. The zero-order valence-corrected chi connectivity index (χ0v) is 9.33. The minimum Gasteiger partial charge on any atom is -0.489 e. The normalized spacial score (nSPS) is 14.4. The van der Waals surface area contributed by atoms with Gasteiger partial charge in [-0.25, -0.2) is 0 Å². The summed E-state index contributed by atoms with van der Waals surface area (Å²) in [7, 11) is 0. The summed E-state index contributed by atoms with van der Waals surface area (Å²) >= 11 is 0. The van der Waals surface area contributed by atoms with Gasteiger partial charge < -0.3 is 9.47 Å². The summed E-state index contributed by atoms with van der Waals surface area (Å²) in [4.78, 5) is 20.1. The molecule has 1 aromatic carbocycles. The van der Waals surface area contributed by atoms with Gasteiger partial charge in [-0.3, -0.25) is 20.2 Å². The molecule has 8 nitrogen and oxygen atoms in total. The van der Waals surface area contributed by atoms with E-state index in [1.54, 1.807) is 0 Å². The molecule has 0 aliphatic carbocycles. The third kappa shape index (κ3) is 2.17. The first-order valence-electron chi connectivity index (χ1n) is 5.32. The van der Waals surface area contributed by atoms with E-state index in [4.69, 9.17) is 9.47 Å². The van der Waals surface area contributed by atoms with Gasteiger partial charge in [0.15, 0.2) is 5.75 Å². The van der Waals surface area contributed by atoms with Crippen molar-refractivity contribution in [1.29, 1.82) is 0 Å². The van der Waals surface area contributed by atoms with Crippen molar-refractivity contribution in [3.63, 3.8) is 0 Å². The Bertz CT molecular complexity index is 501. The molecule has 0 radical (unpaired) electrons. The van der Waals surface area contributed by atoms with Crippen LogP contribution < -0.4 is 9.47 Å². The molecule has 8 heteroatoms. The first kappa shape index (κ1) is 12.1. The highest BCUT2D eigenvalue weighted by molar-refractivity contribution is 5.67. The fraction of sp³-hybridized carbons (Fsp3) is 0.400. The number of nitrogens with zero attached hydrogens (tertiary/aromatic N) is 2. The monoisotopic (exact) mass is 254 g/mol. The predicted octanol–water partition coefficient (Wildman–Crippen LogP) is 2.05. The van der Waals surface area contributed by atoms with Crippen LogP contribution in [0.1, 0.15) is 12.8 Å². The van der Waals surface area contributed by atoms with Gasteiger partial charge in [-0.15, -0.1) is 0 Å². The van der Waals surface area contributed by atoms with Crippen molar-refractivity contribution >= 4 is 11.4 Å². The molecule has 0 N–H and O–H groups in total. The largest absolute Gasteiger partial charge is 0.489 e. The van der Waals surface area contributed by atoms with E-state index in [2.05, 4.69) is 0 Å². The smallest absolute Gasteiger partial charge is 0.391 e. The summed E-state index contributed by atoms with van der Waals surface area (Å²) < 4.78 is 10.5. The molecule has 0 saturated heterocycles. The van der Waals surface area contributed by atoms with Crippen molar-refractivity contribution in [1.82, 2.24) is 0 Å². The Balaban J connectivity index is 2.59. The van der Waals surface area contributed by atoms with Gasteiger partial charge in [0.25, 0.3) is 0 Å². The highest BCUT2D eigenvalue weighted by atomic mass is 16.6. The van der Waals surface area contributed by atoms with Crippen molar-refractivity contribution in [2.24, 2.45) is 0 Å². The maximum absolute atomic E-state index is 11.0. The summed E-state index contributed by atoms with van der Waals surface area (Å²) in [5, 5.41) is 21.7. The number of hydrogen-bond acceptors (Lipinski definition) is 6. The summed E-state index contributed by atoms with van der Waals surface area (Å²) in [6, 6.07) is 2.38. The van der Waals surface area contributed by atoms with Crippen molar-refractivity contribution in [3.8, 4) is 11.5 Å². The zero-order valence-electron chi connectivity index (χ0n) is 9.33. The van der Waals surface area contributed by atoms with Crippen LogP contribution in [-0.4, -0.2) is 23.1 Å². The average Bonchev–Trinajstić information content (AvgIpc) is 2.28. The molecular formula is C10H10N2O6. The molecule has 0 unspecified atom stereocenters. The topological polar surface area (TPSA) is 105 Å². The maximum atomic E-state index is 11.0. The van der Waals surface area contributed by atoms with Crippen molar-refractivity contribution in [2.75, 3.05) is 13.2 Å². The zero-order chi connectivity index (χ0) is 13.1. The van der Waals surface area contributed by atoms with E-state index in [0.717, 1.165) is 12.5 Å².